The third-order valence-electron chi connectivity index (χ3n) is 2.73. The van der Waals surface area contributed by atoms with Crippen LogP contribution in [0.25, 0.3) is 0 Å². The molecule has 0 radical (unpaired) electrons. The lowest BCUT2D eigenvalue weighted by Gasteiger charge is -2.14. The SMILES string of the molecule is Cc1cc(C2(N)CC2)c(O)c(F)c1O. The van der Waals surface area contributed by atoms with Gasteiger partial charge in [0.25, 0.3) is 0 Å². The van der Waals surface area contributed by atoms with Gasteiger partial charge in [0.15, 0.2) is 11.5 Å². The highest BCUT2D eigenvalue weighted by Crippen LogP contribution is 2.48. The summed E-state index contributed by atoms with van der Waals surface area (Å²) in [5.41, 5.74) is 6.04. The zero-order valence-electron chi connectivity index (χ0n) is 7.84. The highest BCUT2D eigenvalue weighted by Gasteiger charge is 2.43. The third-order valence-corrected chi connectivity index (χ3v) is 2.73. The van der Waals surface area contributed by atoms with E-state index in [1.54, 1.807) is 13.0 Å². The standard InChI is InChI=1S/C10H12FNO2/c1-5-4-6(10(12)2-3-10)9(14)7(11)8(5)13/h4,13-14H,2-3,12H2,1H3. The molecule has 4 N–H and O–H groups in total. The molecule has 1 aromatic carbocycles. The summed E-state index contributed by atoms with van der Waals surface area (Å²) in [6.07, 6.45) is 1.48. The van der Waals surface area contributed by atoms with Gasteiger partial charge in [-0.25, -0.2) is 0 Å². The topological polar surface area (TPSA) is 66.5 Å². The van der Waals surface area contributed by atoms with E-state index in [-0.39, 0.29) is 0 Å². The van der Waals surface area contributed by atoms with E-state index in [0.29, 0.717) is 11.1 Å². The zero-order chi connectivity index (χ0) is 10.5. The van der Waals surface area contributed by atoms with Gasteiger partial charge in [0.05, 0.1) is 0 Å². The van der Waals surface area contributed by atoms with E-state index in [1.165, 1.54) is 0 Å². The Balaban J connectivity index is 2.62. The van der Waals surface area contributed by atoms with Crippen LogP contribution in [0, 0.1) is 12.7 Å². The van der Waals surface area contributed by atoms with Crippen LogP contribution in [-0.2, 0) is 5.54 Å². The number of phenols is 2. The Bertz CT molecular complexity index is 400. The van der Waals surface area contributed by atoms with Crippen LogP contribution in [0.15, 0.2) is 6.07 Å². The first-order valence-corrected chi connectivity index (χ1v) is 4.46. The molecule has 0 amide bonds. The first kappa shape index (κ1) is 9.27. The maximum atomic E-state index is 13.3. The zero-order valence-corrected chi connectivity index (χ0v) is 7.84. The Labute approximate surface area is 81.0 Å². The Morgan fingerprint density at radius 1 is 1.36 bits per heavy atom. The molecular weight excluding hydrogens is 185 g/mol. The van der Waals surface area contributed by atoms with Gasteiger partial charge in [0.1, 0.15) is 0 Å². The Hall–Kier alpha value is -1.29. The van der Waals surface area contributed by atoms with Gasteiger partial charge in [-0.2, -0.15) is 4.39 Å². The highest BCUT2D eigenvalue weighted by atomic mass is 19.1. The molecule has 4 heteroatoms. The van der Waals surface area contributed by atoms with E-state index in [0.717, 1.165) is 12.8 Å². The van der Waals surface area contributed by atoms with Crippen molar-refractivity contribution in [2.75, 3.05) is 0 Å². The summed E-state index contributed by atoms with van der Waals surface area (Å²) in [7, 11) is 0. The van der Waals surface area contributed by atoms with Crippen LogP contribution in [0.5, 0.6) is 11.5 Å². The molecule has 0 bridgehead atoms. The van der Waals surface area contributed by atoms with Crippen molar-refractivity contribution in [3.63, 3.8) is 0 Å². The summed E-state index contributed by atoms with van der Waals surface area (Å²) in [6, 6.07) is 1.54. The minimum absolute atomic E-state index is 0.394. The molecule has 0 atom stereocenters. The van der Waals surface area contributed by atoms with Gasteiger partial charge in [0.2, 0.25) is 5.82 Å². The van der Waals surface area contributed by atoms with E-state index >= 15 is 0 Å². The van der Waals surface area contributed by atoms with Crippen molar-refractivity contribution >= 4 is 0 Å². The van der Waals surface area contributed by atoms with Crippen LogP contribution in [0.1, 0.15) is 24.0 Å². The first-order chi connectivity index (χ1) is 6.46. The summed E-state index contributed by atoms with van der Waals surface area (Å²) >= 11 is 0. The number of aromatic hydroxyl groups is 2. The number of hydrogen-bond acceptors (Lipinski definition) is 3. The number of aryl methyl sites for hydroxylation is 1. The quantitative estimate of drug-likeness (QED) is 0.639. The van der Waals surface area contributed by atoms with Crippen LogP contribution in [0.4, 0.5) is 4.39 Å². The second kappa shape index (κ2) is 2.60. The molecule has 3 nitrogen and oxygen atoms in total. The molecule has 1 aliphatic carbocycles. The minimum Gasteiger partial charge on any atom is -0.505 e. The molecule has 1 aromatic rings. The van der Waals surface area contributed by atoms with Crippen molar-refractivity contribution in [3.8, 4) is 11.5 Å². The fraction of sp³-hybridized carbons (Fsp3) is 0.400. The maximum absolute atomic E-state index is 13.3. The van der Waals surface area contributed by atoms with Crippen molar-refractivity contribution in [3.05, 3.63) is 23.0 Å². The normalized spacial score (nSPS) is 18.2. The molecule has 1 saturated carbocycles. The summed E-state index contributed by atoms with van der Waals surface area (Å²) in [5, 5.41) is 18.7. The van der Waals surface area contributed by atoms with Crippen molar-refractivity contribution in [2.45, 2.75) is 25.3 Å². The third kappa shape index (κ3) is 1.14. The number of phenolic OH excluding ortho intramolecular Hbond substituents is 2. The second-order valence-electron chi connectivity index (χ2n) is 3.91. The van der Waals surface area contributed by atoms with E-state index in [4.69, 9.17) is 5.73 Å². The van der Waals surface area contributed by atoms with Crippen LogP contribution in [0.2, 0.25) is 0 Å². The van der Waals surface area contributed by atoms with Crippen LogP contribution in [-0.4, -0.2) is 10.2 Å². The molecule has 0 aromatic heterocycles. The molecule has 14 heavy (non-hydrogen) atoms. The predicted molar refractivity (Wildman–Crippen MR) is 49.6 cm³/mol. The van der Waals surface area contributed by atoms with Crippen molar-refractivity contribution in [1.82, 2.24) is 0 Å². The van der Waals surface area contributed by atoms with E-state index < -0.39 is 22.9 Å². The number of hydrogen-bond donors (Lipinski definition) is 3. The van der Waals surface area contributed by atoms with Crippen LogP contribution in [0.3, 0.4) is 0 Å². The second-order valence-corrected chi connectivity index (χ2v) is 3.91. The maximum Gasteiger partial charge on any atom is 0.206 e. The molecule has 0 spiro atoms. The first-order valence-electron chi connectivity index (χ1n) is 4.46. The van der Waals surface area contributed by atoms with E-state index in [1.807, 2.05) is 0 Å². The summed E-state index contributed by atoms with van der Waals surface area (Å²) in [6.45, 7) is 1.58. The molecule has 0 unspecified atom stereocenters. The fourth-order valence-electron chi connectivity index (χ4n) is 1.54. The lowest BCUT2D eigenvalue weighted by Crippen LogP contribution is -2.19. The number of nitrogens with two attached hydrogens (primary N) is 1. The van der Waals surface area contributed by atoms with Crippen molar-refractivity contribution in [2.24, 2.45) is 5.73 Å². The summed E-state index contributed by atoms with van der Waals surface area (Å²) < 4.78 is 13.3. The summed E-state index contributed by atoms with van der Waals surface area (Å²) in [4.78, 5) is 0. The van der Waals surface area contributed by atoms with E-state index in [9.17, 15) is 14.6 Å². The van der Waals surface area contributed by atoms with Crippen molar-refractivity contribution < 1.29 is 14.6 Å². The Morgan fingerprint density at radius 3 is 2.43 bits per heavy atom. The molecule has 0 aliphatic heterocycles. The number of benzene rings is 1. The molecular formula is C10H12FNO2. The minimum atomic E-state index is -0.975. The Morgan fingerprint density at radius 2 is 1.93 bits per heavy atom. The van der Waals surface area contributed by atoms with Crippen LogP contribution >= 0.6 is 0 Å². The molecule has 0 saturated heterocycles. The Kier molecular flexibility index (Phi) is 1.72. The fourth-order valence-corrected chi connectivity index (χ4v) is 1.54. The molecule has 0 heterocycles. The van der Waals surface area contributed by atoms with Gasteiger partial charge < -0.3 is 15.9 Å². The van der Waals surface area contributed by atoms with Gasteiger partial charge in [-0.15, -0.1) is 0 Å². The lowest BCUT2D eigenvalue weighted by molar-refractivity contribution is 0.379. The summed E-state index contributed by atoms with van der Waals surface area (Å²) in [5.74, 6) is -2.00. The van der Waals surface area contributed by atoms with Crippen molar-refractivity contribution in [1.29, 1.82) is 0 Å². The smallest absolute Gasteiger partial charge is 0.206 e. The van der Waals surface area contributed by atoms with Gasteiger partial charge >= 0.3 is 0 Å². The molecule has 1 fully saturated rings. The van der Waals surface area contributed by atoms with Crippen LogP contribution < -0.4 is 5.73 Å². The number of rotatable bonds is 1. The largest absolute Gasteiger partial charge is 0.505 e. The van der Waals surface area contributed by atoms with Gasteiger partial charge in [0, 0.05) is 11.1 Å². The van der Waals surface area contributed by atoms with E-state index in [2.05, 4.69) is 0 Å². The highest BCUT2D eigenvalue weighted by molar-refractivity contribution is 5.50. The predicted octanol–water partition coefficient (Wildman–Crippen LogP) is 1.49. The number of halogens is 1. The van der Waals surface area contributed by atoms with Gasteiger partial charge in [-0.1, -0.05) is 0 Å². The monoisotopic (exact) mass is 197 g/mol. The van der Waals surface area contributed by atoms with Gasteiger partial charge in [-0.3, -0.25) is 0 Å². The van der Waals surface area contributed by atoms with Gasteiger partial charge in [-0.05, 0) is 31.4 Å². The molecule has 1 aliphatic rings. The average molecular weight is 197 g/mol. The molecule has 76 valence electrons. The average Bonchev–Trinajstić information content (AvgIpc) is 2.87. The lowest BCUT2D eigenvalue weighted by atomic mass is 10.0. The molecule has 2 rings (SSSR count).